The van der Waals surface area contributed by atoms with E-state index in [9.17, 15) is 9.59 Å². The molecule has 0 radical (unpaired) electrons. The van der Waals surface area contributed by atoms with Gasteiger partial charge in [-0.05, 0) is 25.2 Å². The van der Waals surface area contributed by atoms with Crippen molar-refractivity contribution in [3.05, 3.63) is 0 Å². The Hall–Kier alpha value is -1.06. The van der Waals surface area contributed by atoms with Crippen molar-refractivity contribution in [1.82, 2.24) is 4.90 Å². The molecule has 1 N–H and O–H groups in total. The molecule has 0 heterocycles. The fraction of sp³-hybridized carbons (Fsp3) is 0.778. The standard InChI is InChI=1S/C9H15NO3/c1-2-5-10(6-11)8(9(12)13)7-3-4-7/h6-8H,2-5H2,1H3,(H,12,13). The minimum Gasteiger partial charge on any atom is -0.480 e. The highest BCUT2D eigenvalue weighted by molar-refractivity contribution is 5.77. The summed E-state index contributed by atoms with van der Waals surface area (Å²) in [5.41, 5.74) is 0. The molecule has 0 bridgehead atoms. The highest BCUT2D eigenvalue weighted by Gasteiger charge is 2.39. The van der Waals surface area contributed by atoms with Crippen LogP contribution < -0.4 is 0 Å². The summed E-state index contributed by atoms with van der Waals surface area (Å²) in [7, 11) is 0. The van der Waals surface area contributed by atoms with E-state index in [4.69, 9.17) is 5.11 Å². The van der Waals surface area contributed by atoms with Gasteiger partial charge >= 0.3 is 5.97 Å². The van der Waals surface area contributed by atoms with Gasteiger partial charge in [0.05, 0.1) is 0 Å². The molecule has 0 aromatic heterocycles. The van der Waals surface area contributed by atoms with Crippen molar-refractivity contribution in [2.75, 3.05) is 6.54 Å². The van der Waals surface area contributed by atoms with Crippen molar-refractivity contribution in [2.24, 2.45) is 5.92 Å². The van der Waals surface area contributed by atoms with E-state index >= 15 is 0 Å². The molecule has 0 aromatic carbocycles. The van der Waals surface area contributed by atoms with E-state index < -0.39 is 12.0 Å². The van der Waals surface area contributed by atoms with E-state index in [0.717, 1.165) is 19.3 Å². The molecule has 0 aliphatic heterocycles. The van der Waals surface area contributed by atoms with Gasteiger partial charge in [-0.1, -0.05) is 6.92 Å². The molecule has 0 saturated heterocycles. The molecular weight excluding hydrogens is 170 g/mol. The monoisotopic (exact) mass is 185 g/mol. The summed E-state index contributed by atoms with van der Waals surface area (Å²) in [5, 5.41) is 8.91. The molecule has 74 valence electrons. The van der Waals surface area contributed by atoms with Crippen LogP contribution in [0.25, 0.3) is 0 Å². The van der Waals surface area contributed by atoms with Crippen LogP contribution in [-0.2, 0) is 9.59 Å². The number of hydrogen-bond donors (Lipinski definition) is 1. The first-order valence-electron chi connectivity index (χ1n) is 4.64. The van der Waals surface area contributed by atoms with Crippen molar-refractivity contribution in [1.29, 1.82) is 0 Å². The normalized spacial score (nSPS) is 17.9. The van der Waals surface area contributed by atoms with Gasteiger partial charge in [-0.2, -0.15) is 0 Å². The Balaban J connectivity index is 2.59. The van der Waals surface area contributed by atoms with Crippen LogP contribution in [0.3, 0.4) is 0 Å². The zero-order chi connectivity index (χ0) is 9.84. The average Bonchev–Trinajstić information content (AvgIpc) is 2.86. The van der Waals surface area contributed by atoms with Gasteiger partial charge in [0.25, 0.3) is 0 Å². The SMILES string of the molecule is CCCN(C=O)C(C(=O)O)C1CC1. The number of aliphatic carboxylic acids is 1. The van der Waals surface area contributed by atoms with E-state index in [0.29, 0.717) is 13.0 Å². The van der Waals surface area contributed by atoms with E-state index in [1.807, 2.05) is 6.92 Å². The van der Waals surface area contributed by atoms with Crippen LogP contribution >= 0.6 is 0 Å². The molecule has 1 rings (SSSR count). The summed E-state index contributed by atoms with van der Waals surface area (Å²) in [6.07, 6.45) is 3.33. The Bertz CT molecular complexity index is 201. The van der Waals surface area contributed by atoms with Crippen LogP contribution in [0.4, 0.5) is 0 Å². The number of amides is 1. The Morgan fingerprint density at radius 1 is 1.69 bits per heavy atom. The summed E-state index contributed by atoms with van der Waals surface area (Å²) in [6, 6.07) is -0.586. The molecule has 0 aromatic rings. The van der Waals surface area contributed by atoms with Crippen LogP contribution in [0.5, 0.6) is 0 Å². The third-order valence-electron chi connectivity index (χ3n) is 2.30. The zero-order valence-corrected chi connectivity index (χ0v) is 7.77. The van der Waals surface area contributed by atoms with E-state index in [1.165, 1.54) is 4.90 Å². The molecule has 1 aliphatic rings. The fourth-order valence-electron chi connectivity index (χ4n) is 1.54. The molecule has 0 spiro atoms. The van der Waals surface area contributed by atoms with Crippen molar-refractivity contribution in [3.8, 4) is 0 Å². The Labute approximate surface area is 77.5 Å². The molecule has 4 heteroatoms. The molecule has 13 heavy (non-hydrogen) atoms. The van der Waals surface area contributed by atoms with Crippen LogP contribution in [0, 0.1) is 5.92 Å². The maximum absolute atomic E-state index is 10.9. The van der Waals surface area contributed by atoms with Crippen LogP contribution in [-0.4, -0.2) is 35.0 Å². The largest absolute Gasteiger partial charge is 0.480 e. The lowest BCUT2D eigenvalue weighted by Gasteiger charge is -2.24. The first-order valence-corrected chi connectivity index (χ1v) is 4.64. The summed E-state index contributed by atoms with van der Waals surface area (Å²) >= 11 is 0. The second-order valence-electron chi connectivity index (χ2n) is 3.46. The number of nitrogens with zero attached hydrogens (tertiary/aromatic N) is 1. The minimum atomic E-state index is -0.872. The van der Waals surface area contributed by atoms with E-state index in [-0.39, 0.29) is 5.92 Å². The fourth-order valence-corrected chi connectivity index (χ4v) is 1.54. The number of rotatable bonds is 6. The number of carbonyl (C=O) groups excluding carboxylic acids is 1. The molecular formula is C9H15NO3. The number of hydrogen-bond acceptors (Lipinski definition) is 2. The third-order valence-corrected chi connectivity index (χ3v) is 2.30. The van der Waals surface area contributed by atoms with Gasteiger partial charge in [0.1, 0.15) is 6.04 Å². The van der Waals surface area contributed by atoms with Gasteiger partial charge in [-0.3, -0.25) is 4.79 Å². The smallest absolute Gasteiger partial charge is 0.326 e. The summed E-state index contributed by atoms with van der Waals surface area (Å²) in [6.45, 7) is 2.47. The third kappa shape index (κ3) is 2.44. The van der Waals surface area contributed by atoms with Gasteiger partial charge in [0.15, 0.2) is 0 Å². The first kappa shape index (κ1) is 10.0. The molecule has 1 amide bonds. The number of carbonyl (C=O) groups is 2. The van der Waals surface area contributed by atoms with Gasteiger partial charge in [0.2, 0.25) is 6.41 Å². The van der Waals surface area contributed by atoms with Crippen molar-refractivity contribution < 1.29 is 14.7 Å². The Morgan fingerprint density at radius 3 is 2.62 bits per heavy atom. The van der Waals surface area contributed by atoms with Crippen LogP contribution in [0.2, 0.25) is 0 Å². The lowest BCUT2D eigenvalue weighted by atomic mass is 10.1. The number of carboxylic acids is 1. The molecule has 1 aliphatic carbocycles. The predicted octanol–water partition coefficient (Wildman–Crippen LogP) is 0.718. The highest BCUT2D eigenvalue weighted by Crippen LogP contribution is 2.35. The maximum Gasteiger partial charge on any atom is 0.326 e. The molecule has 1 fully saturated rings. The van der Waals surface area contributed by atoms with E-state index in [2.05, 4.69) is 0 Å². The van der Waals surface area contributed by atoms with Gasteiger partial charge < -0.3 is 10.0 Å². The minimum absolute atomic E-state index is 0.189. The quantitative estimate of drug-likeness (QED) is 0.620. The predicted molar refractivity (Wildman–Crippen MR) is 47.2 cm³/mol. The van der Waals surface area contributed by atoms with Crippen molar-refractivity contribution in [2.45, 2.75) is 32.2 Å². The van der Waals surface area contributed by atoms with Crippen LogP contribution in [0.15, 0.2) is 0 Å². The van der Waals surface area contributed by atoms with Gasteiger partial charge in [0, 0.05) is 6.54 Å². The maximum atomic E-state index is 10.9. The lowest BCUT2D eigenvalue weighted by molar-refractivity contribution is -0.147. The molecule has 4 nitrogen and oxygen atoms in total. The zero-order valence-electron chi connectivity index (χ0n) is 7.77. The van der Waals surface area contributed by atoms with Crippen LogP contribution in [0.1, 0.15) is 26.2 Å². The van der Waals surface area contributed by atoms with E-state index in [1.54, 1.807) is 0 Å². The summed E-state index contributed by atoms with van der Waals surface area (Å²) in [5.74, 6) is -0.683. The molecule has 1 saturated carbocycles. The van der Waals surface area contributed by atoms with Gasteiger partial charge in [-0.15, -0.1) is 0 Å². The summed E-state index contributed by atoms with van der Waals surface area (Å²) in [4.78, 5) is 22.9. The topological polar surface area (TPSA) is 57.6 Å². The Morgan fingerprint density at radius 2 is 2.31 bits per heavy atom. The van der Waals surface area contributed by atoms with Crippen molar-refractivity contribution >= 4 is 12.4 Å². The van der Waals surface area contributed by atoms with Gasteiger partial charge in [-0.25, -0.2) is 4.79 Å². The lowest BCUT2D eigenvalue weighted by Crippen LogP contribution is -2.42. The second-order valence-corrected chi connectivity index (χ2v) is 3.46. The number of carboxylic acid groups (broad SMARTS) is 1. The average molecular weight is 185 g/mol. The molecule has 1 unspecified atom stereocenters. The summed E-state index contributed by atoms with van der Waals surface area (Å²) < 4.78 is 0. The first-order chi connectivity index (χ1) is 6.20. The Kier molecular flexibility index (Phi) is 3.28. The molecule has 1 atom stereocenters. The highest BCUT2D eigenvalue weighted by atomic mass is 16.4. The van der Waals surface area contributed by atoms with Crippen molar-refractivity contribution in [3.63, 3.8) is 0 Å². The second kappa shape index (κ2) is 4.25.